The summed E-state index contributed by atoms with van der Waals surface area (Å²) in [5.74, 6) is 0.211. The van der Waals surface area contributed by atoms with Gasteiger partial charge in [-0.05, 0) is 36.8 Å². The van der Waals surface area contributed by atoms with Crippen molar-refractivity contribution in [3.8, 4) is 11.4 Å². The third-order valence-corrected chi connectivity index (χ3v) is 5.09. The maximum absolute atomic E-state index is 12.6. The molecule has 1 aliphatic heterocycles. The number of carbonyl (C=O) groups excluding carboxylic acids is 2. The molecule has 3 heterocycles. The first kappa shape index (κ1) is 18.3. The van der Waals surface area contributed by atoms with Gasteiger partial charge in [0.15, 0.2) is 0 Å². The number of aromatic nitrogens is 3. The van der Waals surface area contributed by atoms with E-state index in [9.17, 15) is 9.59 Å². The molecule has 0 spiro atoms. The number of nitrogens with zero attached hydrogens (tertiary/aromatic N) is 4. The number of halogens is 1. The summed E-state index contributed by atoms with van der Waals surface area (Å²) in [5.41, 5.74) is 3.25. The monoisotopic (exact) mass is 397 g/mol. The Kier molecular flexibility index (Phi) is 4.68. The van der Waals surface area contributed by atoms with E-state index in [0.717, 1.165) is 17.0 Å². The van der Waals surface area contributed by atoms with Crippen molar-refractivity contribution in [1.29, 1.82) is 0 Å². The first-order chi connectivity index (χ1) is 13.4. The number of nitrogens with one attached hydrogen (secondary N) is 1. The third-order valence-electron chi connectivity index (χ3n) is 4.78. The van der Waals surface area contributed by atoms with Crippen molar-refractivity contribution < 1.29 is 9.59 Å². The number of benzene rings is 1. The van der Waals surface area contributed by atoms with E-state index < -0.39 is 0 Å². The Labute approximate surface area is 167 Å². The van der Waals surface area contributed by atoms with Crippen molar-refractivity contribution in [2.24, 2.45) is 7.05 Å². The van der Waals surface area contributed by atoms with Crippen LogP contribution in [0.15, 0.2) is 42.6 Å². The van der Waals surface area contributed by atoms with E-state index in [1.165, 1.54) is 4.90 Å². The molecule has 7 nitrogen and oxygen atoms in total. The van der Waals surface area contributed by atoms with Crippen LogP contribution in [0, 0.1) is 6.92 Å². The second-order valence-electron chi connectivity index (χ2n) is 6.88. The summed E-state index contributed by atoms with van der Waals surface area (Å²) in [6.45, 7) is 2.33. The highest BCUT2D eigenvalue weighted by atomic mass is 35.5. The van der Waals surface area contributed by atoms with Gasteiger partial charge in [-0.2, -0.15) is 5.10 Å². The Balaban J connectivity index is 1.57. The van der Waals surface area contributed by atoms with Crippen molar-refractivity contribution in [3.63, 3.8) is 0 Å². The second-order valence-corrected chi connectivity index (χ2v) is 7.28. The molecule has 0 bridgehead atoms. The molecule has 8 heteroatoms. The fourth-order valence-corrected chi connectivity index (χ4v) is 3.61. The molecule has 2 aromatic heterocycles. The third kappa shape index (κ3) is 3.41. The smallest absolute Gasteiger partial charge is 0.244 e. The highest BCUT2D eigenvalue weighted by Gasteiger charge is 2.28. The summed E-state index contributed by atoms with van der Waals surface area (Å²) >= 11 is 6.19. The average Bonchev–Trinajstić information content (AvgIpc) is 3.26. The Morgan fingerprint density at radius 3 is 2.82 bits per heavy atom. The van der Waals surface area contributed by atoms with E-state index in [0.29, 0.717) is 29.5 Å². The van der Waals surface area contributed by atoms with Gasteiger partial charge in [0.25, 0.3) is 0 Å². The van der Waals surface area contributed by atoms with Gasteiger partial charge in [0.1, 0.15) is 18.1 Å². The van der Waals surface area contributed by atoms with Crippen LogP contribution in [0.25, 0.3) is 11.4 Å². The number of hydrogen-bond acceptors (Lipinski definition) is 3. The lowest BCUT2D eigenvalue weighted by molar-refractivity contribution is -0.122. The van der Waals surface area contributed by atoms with Crippen molar-refractivity contribution in [3.05, 3.63) is 53.2 Å². The Morgan fingerprint density at radius 2 is 2.11 bits per heavy atom. The lowest BCUT2D eigenvalue weighted by Gasteiger charge is -2.26. The molecule has 0 unspecified atom stereocenters. The number of amides is 2. The number of carbonyl (C=O) groups is 2. The van der Waals surface area contributed by atoms with Crippen LogP contribution < -0.4 is 10.2 Å². The predicted octanol–water partition coefficient (Wildman–Crippen LogP) is 3.23. The molecular weight excluding hydrogens is 378 g/mol. The molecule has 4 rings (SSSR count). The van der Waals surface area contributed by atoms with Crippen molar-refractivity contribution in [1.82, 2.24) is 14.3 Å². The summed E-state index contributed by atoms with van der Waals surface area (Å²) in [4.78, 5) is 26.5. The summed E-state index contributed by atoms with van der Waals surface area (Å²) in [6, 6.07) is 11.2. The Morgan fingerprint density at radius 1 is 1.29 bits per heavy atom. The van der Waals surface area contributed by atoms with Gasteiger partial charge in [-0.1, -0.05) is 17.7 Å². The standard InChI is InChI=1S/C20H20ClN5O2/c1-13-5-6-15(14(21)10-13)22-18(27)12-25-19-11-16(17-4-3-8-24(17)2)23-26(19)9-7-20(25)28/h3-6,8,10-11H,7,9,12H2,1-2H3,(H,22,27). The van der Waals surface area contributed by atoms with Crippen LogP contribution in [0.2, 0.25) is 5.02 Å². The first-order valence-electron chi connectivity index (χ1n) is 8.98. The predicted molar refractivity (Wildman–Crippen MR) is 108 cm³/mol. The molecule has 0 aliphatic carbocycles. The molecule has 1 aliphatic rings. The minimum atomic E-state index is -0.311. The van der Waals surface area contributed by atoms with Gasteiger partial charge in [-0.3, -0.25) is 14.5 Å². The molecule has 144 valence electrons. The maximum atomic E-state index is 12.6. The fourth-order valence-electron chi connectivity index (χ4n) is 3.33. The number of anilines is 2. The van der Waals surface area contributed by atoms with Gasteiger partial charge < -0.3 is 9.88 Å². The van der Waals surface area contributed by atoms with Gasteiger partial charge in [0.05, 0.1) is 22.9 Å². The normalized spacial score (nSPS) is 13.5. The molecule has 3 aromatic rings. The van der Waals surface area contributed by atoms with E-state index in [2.05, 4.69) is 10.4 Å². The highest BCUT2D eigenvalue weighted by molar-refractivity contribution is 6.33. The number of hydrogen-bond donors (Lipinski definition) is 1. The van der Waals surface area contributed by atoms with Crippen LogP contribution in [0.1, 0.15) is 12.0 Å². The van der Waals surface area contributed by atoms with E-state index >= 15 is 0 Å². The molecule has 1 aromatic carbocycles. The molecule has 0 atom stereocenters. The van der Waals surface area contributed by atoms with Crippen LogP contribution in [0.3, 0.4) is 0 Å². The number of aryl methyl sites for hydroxylation is 3. The van der Waals surface area contributed by atoms with Crippen molar-refractivity contribution >= 4 is 34.9 Å². The van der Waals surface area contributed by atoms with Crippen LogP contribution in [-0.2, 0) is 23.2 Å². The summed E-state index contributed by atoms with van der Waals surface area (Å²) in [6.07, 6.45) is 2.25. The molecule has 28 heavy (non-hydrogen) atoms. The summed E-state index contributed by atoms with van der Waals surface area (Å²) < 4.78 is 3.74. The summed E-state index contributed by atoms with van der Waals surface area (Å²) in [7, 11) is 1.94. The number of rotatable bonds is 4. The highest BCUT2D eigenvalue weighted by Crippen LogP contribution is 2.28. The van der Waals surface area contributed by atoms with Gasteiger partial charge in [0.2, 0.25) is 11.8 Å². The van der Waals surface area contributed by atoms with E-state index in [4.69, 9.17) is 11.6 Å². The molecule has 0 fully saturated rings. The van der Waals surface area contributed by atoms with Crippen LogP contribution in [0.4, 0.5) is 11.5 Å². The molecule has 0 saturated heterocycles. The van der Waals surface area contributed by atoms with E-state index in [1.54, 1.807) is 16.8 Å². The quantitative estimate of drug-likeness (QED) is 0.734. The molecule has 1 N–H and O–H groups in total. The zero-order valence-corrected chi connectivity index (χ0v) is 16.4. The summed E-state index contributed by atoms with van der Waals surface area (Å²) in [5, 5.41) is 7.85. The average molecular weight is 398 g/mol. The zero-order chi connectivity index (χ0) is 19.8. The van der Waals surface area contributed by atoms with Crippen LogP contribution >= 0.6 is 11.6 Å². The lowest BCUT2D eigenvalue weighted by Crippen LogP contribution is -2.42. The van der Waals surface area contributed by atoms with Gasteiger partial charge in [-0.25, -0.2) is 4.68 Å². The minimum absolute atomic E-state index is 0.0959. The lowest BCUT2D eigenvalue weighted by atomic mass is 10.2. The zero-order valence-electron chi connectivity index (χ0n) is 15.6. The fraction of sp³-hybridized carbons (Fsp3) is 0.250. The molecular formula is C20H20ClN5O2. The van der Waals surface area contributed by atoms with Crippen LogP contribution in [-0.4, -0.2) is 32.7 Å². The Hall–Kier alpha value is -3.06. The van der Waals surface area contributed by atoms with E-state index in [-0.39, 0.29) is 18.4 Å². The first-order valence-corrected chi connectivity index (χ1v) is 9.36. The largest absolute Gasteiger partial charge is 0.349 e. The van der Waals surface area contributed by atoms with Gasteiger partial charge in [-0.15, -0.1) is 0 Å². The second kappa shape index (κ2) is 7.16. The van der Waals surface area contributed by atoms with Crippen molar-refractivity contribution in [2.75, 3.05) is 16.8 Å². The van der Waals surface area contributed by atoms with Crippen molar-refractivity contribution in [2.45, 2.75) is 19.9 Å². The number of fused-ring (bicyclic) bond motifs is 1. The van der Waals surface area contributed by atoms with Gasteiger partial charge in [0, 0.05) is 25.7 Å². The molecule has 0 saturated carbocycles. The molecule has 2 amide bonds. The maximum Gasteiger partial charge on any atom is 0.244 e. The van der Waals surface area contributed by atoms with E-state index in [1.807, 2.05) is 49.0 Å². The topological polar surface area (TPSA) is 72.2 Å². The SMILES string of the molecule is Cc1ccc(NC(=O)CN2C(=O)CCn3nc(-c4cccn4C)cc32)c(Cl)c1. The van der Waals surface area contributed by atoms with Gasteiger partial charge >= 0.3 is 0 Å². The van der Waals surface area contributed by atoms with Crippen LogP contribution in [0.5, 0.6) is 0 Å². The minimum Gasteiger partial charge on any atom is -0.349 e. The molecule has 0 radical (unpaired) electrons. The Bertz CT molecular complexity index is 1070.